The highest BCUT2D eigenvalue weighted by Crippen LogP contribution is 2.36. The zero-order valence-electron chi connectivity index (χ0n) is 9.97. The van der Waals surface area contributed by atoms with Crippen molar-refractivity contribution in [1.82, 2.24) is 14.5 Å². The summed E-state index contributed by atoms with van der Waals surface area (Å²) in [4.78, 5) is 18.0. The van der Waals surface area contributed by atoms with E-state index >= 15 is 0 Å². The number of carbonyl (C=O) groups excluding carboxylic acids is 1. The van der Waals surface area contributed by atoms with Gasteiger partial charge in [-0.25, -0.2) is 4.98 Å². The minimum atomic E-state index is 0.0289. The number of nitrogens with zero attached hydrogens (tertiary/aromatic N) is 3. The molecule has 0 aliphatic heterocycles. The molecule has 1 saturated carbocycles. The van der Waals surface area contributed by atoms with Crippen LogP contribution in [0.5, 0.6) is 0 Å². The van der Waals surface area contributed by atoms with Crippen LogP contribution in [0.1, 0.15) is 35.2 Å². The van der Waals surface area contributed by atoms with Crippen molar-refractivity contribution in [1.29, 1.82) is 0 Å². The molecule has 16 heavy (non-hydrogen) atoms. The fourth-order valence-corrected chi connectivity index (χ4v) is 1.73. The molecular weight excluding hydrogens is 202 g/mol. The van der Waals surface area contributed by atoms with Crippen LogP contribution in [0.2, 0.25) is 0 Å². The molecule has 0 saturated heterocycles. The third-order valence-electron chi connectivity index (χ3n) is 2.67. The molecule has 0 atom stereocenters. The van der Waals surface area contributed by atoms with E-state index in [1.54, 1.807) is 18.5 Å². The number of hydrogen-bond acceptors (Lipinski definition) is 3. The van der Waals surface area contributed by atoms with Crippen molar-refractivity contribution in [2.75, 3.05) is 14.1 Å². The normalized spacial score (nSPS) is 15.7. The Hall–Kier alpha value is -1.58. The molecule has 1 fully saturated rings. The first-order chi connectivity index (χ1) is 7.59. The molecule has 2 rings (SSSR count). The van der Waals surface area contributed by atoms with Gasteiger partial charge in [-0.2, -0.15) is 0 Å². The van der Waals surface area contributed by atoms with Gasteiger partial charge in [0.25, 0.3) is 0 Å². The Labute approximate surface area is 95.6 Å². The van der Waals surface area contributed by atoms with Crippen molar-refractivity contribution >= 4 is 5.78 Å². The average molecular weight is 219 g/mol. The van der Waals surface area contributed by atoms with Crippen molar-refractivity contribution in [3.63, 3.8) is 0 Å². The molecule has 0 amide bonds. The summed E-state index contributed by atoms with van der Waals surface area (Å²) in [6, 6.07) is 0.495. The lowest BCUT2D eigenvalue weighted by atomic mass is 10.3. The maximum atomic E-state index is 11.9. The Morgan fingerprint density at radius 2 is 2.25 bits per heavy atom. The van der Waals surface area contributed by atoms with Gasteiger partial charge >= 0.3 is 0 Å². The first kappa shape index (κ1) is 10.9. The molecule has 0 radical (unpaired) electrons. The summed E-state index contributed by atoms with van der Waals surface area (Å²) < 4.78 is 2.06. The average Bonchev–Trinajstić information content (AvgIpc) is 2.99. The zero-order valence-corrected chi connectivity index (χ0v) is 9.97. The van der Waals surface area contributed by atoms with E-state index in [1.165, 1.54) is 0 Å². The summed E-state index contributed by atoms with van der Waals surface area (Å²) in [6.45, 7) is 1.95. The molecule has 0 unspecified atom stereocenters. The van der Waals surface area contributed by atoms with Crippen LogP contribution in [0.15, 0.2) is 18.5 Å². The number of carbonyl (C=O) groups is 1. The first-order valence-electron chi connectivity index (χ1n) is 5.52. The summed E-state index contributed by atoms with van der Waals surface area (Å²) in [5, 5.41) is 0. The van der Waals surface area contributed by atoms with Crippen LogP contribution in [0, 0.1) is 6.92 Å². The van der Waals surface area contributed by atoms with Crippen molar-refractivity contribution in [3.05, 3.63) is 30.0 Å². The second-order valence-electron chi connectivity index (χ2n) is 4.44. The summed E-state index contributed by atoms with van der Waals surface area (Å²) >= 11 is 0. The fourth-order valence-electron chi connectivity index (χ4n) is 1.73. The van der Waals surface area contributed by atoms with E-state index in [9.17, 15) is 4.79 Å². The van der Waals surface area contributed by atoms with E-state index in [0.29, 0.717) is 11.7 Å². The lowest BCUT2D eigenvalue weighted by molar-refractivity contribution is 0.103. The van der Waals surface area contributed by atoms with Crippen molar-refractivity contribution in [2.45, 2.75) is 25.8 Å². The van der Waals surface area contributed by atoms with Crippen LogP contribution in [-0.2, 0) is 0 Å². The van der Waals surface area contributed by atoms with Gasteiger partial charge in [0.05, 0.1) is 6.20 Å². The lowest BCUT2D eigenvalue weighted by Gasteiger charge is -2.06. The summed E-state index contributed by atoms with van der Waals surface area (Å²) in [6.07, 6.45) is 7.36. The second-order valence-corrected chi connectivity index (χ2v) is 4.44. The highest BCUT2D eigenvalue weighted by atomic mass is 16.1. The second kappa shape index (κ2) is 4.12. The molecule has 0 spiro atoms. The Morgan fingerprint density at radius 3 is 2.81 bits per heavy atom. The van der Waals surface area contributed by atoms with Crippen molar-refractivity contribution in [3.8, 4) is 0 Å². The first-order valence-corrected chi connectivity index (χ1v) is 5.52. The van der Waals surface area contributed by atoms with Gasteiger partial charge in [0, 0.05) is 32.4 Å². The lowest BCUT2D eigenvalue weighted by Crippen LogP contribution is -2.09. The van der Waals surface area contributed by atoms with Crippen molar-refractivity contribution < 1.29 is 4.79 Å². The van der Waals surface area contributed by atoms with Gasteiger partial charge in [-0.3, -0.25) is 4.79 Å². The molecule has 1 aromatic rings. The van der Waals surface area contributed by atoms with Gasteiger partial charge in [0.2, 0.25) is 5.78 Å². The standard InChI is InChI=1S/C12H17N3O/c1-9-13-8-11(15(9)10-4-5-10)12(16)6-7-14(2)3/h6-8,10H,4-5H2,1-3H3/b7-6+. The molecule has 1 aromatic heterocycles. The van der Waals surface area contributed by atoms with E-state index in [0.717, 1.165) is 18.7 Å². The number of aryl methyl sites for hydroxylation is 1. The fraction of sp³-hybridized carbons (Fsp3) is 0.500. The smallest absolute Gasteiger partial charge is 0.205 e. The minimum Gasteiger partial charge on any atom is -0.383 e. The van der Waals surface area contributed by atoms with Crippen LogP contribution in [-0.4, -0.2) is 34.3 Å². The van der Waals surface area contributed by atoms with E-state index < -0.39 is 0 Å². The largest absolute Gasteiger partial charge is 0.383 e. The Kier molecular flexibility index (Phi) is 2.81. The van der Waals surface area contributed by atoms with Gasteiger partial charge in [-0.05, 0) is 19.8 Å². The molecule has 1 aliphatic carbocycles. The van der Waals surface area contributed by atoms with Crippen LogP contribution in [0.4, 0.5) is 0 Å². The molecule has 0 N–H and O–H groups in total. The molecule has 1 heterocycles. The van der Waals surface area contributed by atoms with E-state index in [2.05, 4.69) is 9.55 Å². The highest BCUT2D eigenvalue weighted by Gasteiger charge is 2.28. The summed E-state index contributed by atoms with van der Waals surface area (Å²) in [5.41, 5.74) is 0.707. The SMILES string of the molecule is Cc1ncc(C(=O)/C=C/N(C)C)n1C1CC1. The van der Waals surface area contributed by atoms with E-state index in [-0.39, 0.29) is 5.78 Å². The Bertz CT molecular complexity index is 427. The third kappa shape index (κ3) is 2.15. The highest BCUT2D eigenvalue weighted by molar-refractivity contribution is 6.03. The maximum absolute atomic E-state index is 11.9. The van der Waals surface area contributed by atoms with Crippen LogP contribution < -0.4 is 0 Å². The number of aromatic nitrogens is 2. The number of hydrogen-bond donors (Lipinski definition) is 0. The molecular formula is C12H17N3O. The van der Waals surface area contributed by atoms with E-state index in [4.69, 9.17) is 0 Å². The third-order valence-corrected chi connectivity index (χ3v) is 2.67. The molecule has 1 aliphatic rings. The van der Waals surface area contributed by atoms with Crippen molar-refractivity contribution in [2.24, 2.45) is 0 Å². The monoisotopic (exact) mass is 219 g/mol. The van der Waals surface area contributed by atoms with Crippen LogP contribution in [0.3, 0.4) is 0 Å². The van der Waals surface area contributed by atoms with Crippen LogP contribution >= 0.6 is 0 Å². The topological polar surface area (TPSA) is 38.1 Å². The molecule has 4 nitrogen and oxygen atoms in total. The summed E-state index contributed by atoms with van der Waals surface area (Å²) in [7, 11) is 3.79. The Balaban J connectivity index is 2.23. The van der Waals surface area contributed by atoms with Gasteiger partial charge in [-0.15, -0.1) is 0 Å². The van der Waals surface area contributed by atoms with Gasteiger partial charge in [0.1, 0.15) is 11.5 Å². The molecule has 0 aromatic carbocycles. The predicted molar refractivity (Wildman–Crippen MR) is 62.4 cm³/mol. The molecule has 4 heteroatoms. The van der Waals surface area contributed by atoms with Gasteiger partial charge in [-0.1, -0.05) is 0 Å². The quantitative estimate of drug-likeness (QED) is 0.572. The molecule has 86 valence electrons. The van der Waals surface area contributed by atoms with Gasteiger partial charge < -0.3 is 9.47 Å². The maximum Gasteiger partial charge on any atom is 0.205 e. The minimum absolute atomic E-state index is 0.0289. The predicted octanol–water partition coefficient (Wildman–Crippen LogP) is 1.78. The number of rotatable bonds is 4. The Morgan fingerprint density at radius 1 is 1.56 bits per heavy atom. The number of imidazole rings is 1. The zero-order chi connectivity index (χ0) is 11.7. The summed E-state index contributed by atoms with van der Waals surface area (Å²) in [5.74, 6) is 0.963. The molecule has 0 bridgehead atoms. The van der Waals surface area contributed by atoms with Gasteiger partial charge in [0.15, 0.2) is 0 Å². The van der Waals surface area contributed by atoms with E-state index in [1.807, 2.05) is 25.9 Å². The number of allylic oxidation sites excluding steroid dienone is 1. The van der Waals surface area contributed by atoms with Crippen LogP contribution in [0.25, 0.3) is 0 Å². The number of ketones is 1.